The van der Waals surface area contributed by atoms with Crippen LogP contribution in [0.2, 0.25) is 0 Å². The maximum Gasteiger partial charge on any atom is 0.263 e. The Labute approximate surface area is 146 Å². The first-order valence-electron chi connectivity index (χ1n) is 9.09. The van der Waals surface area contributed by atoms with Gasteiger partial charge < -0.3 is 15.0 Å². The predicted molar refractivity (Wildman–Crippen MR) is 92.2 cm³/mol. The third-order valence-electron chi connectivity index (χ3n) is 5.64. The van der Waals surface area contributed by atoms with Crippen molar-refractivity contribution in [1.29, 1.82) is 0 Å². The zero-order valence-corrected chi connectivity index (χ0v) is 14.1. The Morgan fingerprint density at radius 3 is 2.84 bits per heavy atom. The number of hydrogen-bond acceptors (Lipinski definition) is 4. The van der Waals surface area contributed by atoms with Crippen molar-refractivity contribution >= 4 is 5.91 Å². The first-order chi connectivity index (χ1) is 12.3. The smallest absolute Gasteiger partial charge is 0.263 e. The van der Waals surface area contributed by atoms with Crippen molar-refractivity contribution in [2.75, 3.05) is 13.1 Å². The maximum atomic E-state index is 12.8. The molecule has 5 rings (SSSR count). The molecule has 1 amide bonds. The van der Waals surface area contributed by atoms with Crippen LogP contribution in [0, 0.1) is 0 Å². The van der Waals surface area contributed by atoms with E-state index in [4.69, 9.17) is 4.74 Å². The summed E-state index contributed by atoms with van der Waals surface area (Å²) in [6.07, 6.45) is 4.23. The number of piperidine rings is 1. The predicted octanol–water partition coefficient (Wildman–Crippen LogP) is 1.65. The summed E-state index contributed by atoms with van der Waals surface area (Å²) in [7, 11) is 0. The molecule has 6 nitrogen and oxygen atoms in total. The van der Waals surface area contributed by atoms with Gasteiger partial charge in [-0.05, 0) is 24.5 Å². The third-order valence-corrected chi connectivity index (χ3v) is 5.64. The molecule has 1 N–H and O–H groups in total. The molecule has 0 spiro atoms. The lowest BCUT2D eigenvalue weighted by molar-refractivity contribution is -0.139. The van der Waals surface area contributed by atoms with E-state index >= 15 is 0 Å². The Bertz CT molecular complexity index is 783. The van der Waals surface area contributed by atoms with Crippen LogP contribution in [-0.2, 0) is 24.3 Å². The van der Waals surface area contributed by atoms with Crippen LogP contribution >= 0.6 is 0 Å². The highest BCUT2D eigenvalue weighted by molar-refractivity contribution is 5.82. The molecule has 1 aromatic carbocycles. The fourth-order valence-corrected chi connectivity index (χ4v) is 4.25. The molecule has 1 saturated heterocycles. The first kappa shape index (κ1) is 15.0. The minimum atomic E-state index is -0.355. The van der Waals surface area contributed by atoms with Crippen molar-refractivity contribution in [3.8, 4) is 5.75 Å². The molecule has 3 aliphatic rings. The number of fused-ring (bicyclic) bond motifs is 2. The minimum Gasteiger partial charge on any atom is -0.480 e. The van der Waals surface area contributed by atoms with Gasteiger partial charge in [0.1, 0.15) is 5.75 Å². The monoisotopic (exact) mass is 338 g/mol. The highest BCUT2D eigenvalue weighted by Crippen LogP contribution is 2.31. The second-order valence-corrected chi connectivity index (χ2v) is 7.14. The average Bonchev–Trinajstić information content (AvgIpc) is 3.36. The number of amides is 1. The van der Waals surface area contributed by atoms with Crippen LogP contribution in [-0.4, -0.2) is 39.8 Å². The van der Waals surface area contributed by atoms with E-state index in [0.717, 1.165) is 50.3 Å². The Hall–Kier alpha value is -2.34. The molecule has 1 fully saturated rings. The summed E-state index contributed by atoms with van der Waals surface area (Å²) in [5.41, 5.74) is 3.77. The molecule has 4 heterocycles. The van der Waals surface area contributed by atoms with Crippen molar-refractivity contribution in [3.63, 3.8) is 0 Å². The van der Waals surface area contributed by atoms with E-state index in [1.165, 1.54) is 11.3 Å². The van der Waals surface area contributed by atoms with Crippen LogP contribution in [0.1, 0.15) is 35.7 Å². The van der Waals surface area contributed by atoms with Crippen molar-refractivity contribution in [2.24, 2.45) is 0 Å². The molecule has 1 atom stereocenters. The lowest BCUT2D eigenvalue weighted by atomic mass is 10.0. The molecule has 1 aromatic heterocycles. The van der Waals surface area contributed by atoms with Crippen molar-refractivity contribution in [1.82, 2.24) is 20.0 Å². The van der Waals surface area contributed by atoms with Gasteiger partial charge in [-0.1, -0.05) is 18.2 Å². The Morgan fingerprint density at radius 2 is 2.00 bits per heavy atom. The highest BCUT2D eigenvalue weighted by Gasteiger charge is 2.34. The lowest BCUT2D eigenvalue weighted by Crippen LogP contribution is -2.45. The number of carbonyl (C=O) groups excluding carboxylic acids is 1. The van der Waals surface area contributed by atoms with Crippen LogP contribution in [0.15, 0.2) is 30.5 Å². The SMILES string of the molecule is O=C(C1Cc2ccccc2O1)N1CCC(n2ncc3c2CNC3)CC1. The van der Waals surface area contributed by atoms with Crippen LogP contribution in [0.4, 0.5) is 0 Å². The summed E-state index contributed by atoms with van der Waals surface area (Å²) in [5.74, 6) is 0.984. The van der Waals surface area contributed by atoms with Gasteiger partial charge in [-0.15, -0.1) is 0 Å². The topological polar surface area (TPSA) is 59.4 Å². The molecule has 0 saturated carbocycles. The fraction of sp³-hybridized carbons (Fsp3) is 0.474. The van der Waals surface area contributed by atoms with Crippen molar-refractivity contribution in [2.45, 2.75) is 44.5 Å². The largest absolute Gasteiger partial charge is 0.480 e. The zero-order valence-electron chi connectivity index (χ0n) is 14.1. The molecule has 0 bridgehead atoms. The van der Waals surface area contributed by atoms with E-state index in [1.54, 1.807) is 0 Å². The molecule has 1 unspecified atom stereocenters. The van der Waals surface area contributed by atoms with E-state index in [9.17, 15) is 4.79 Å². The van der Waals surface area contributed by atoms with Gasteiger partial charge in [0, 0.05) is 38.2 Å². The number of carbonyl (C=O) groups is 1. The van der Waals surface area contributed by atoms with Crippen LogP contribution in [0.25, 0.3) is 0 Å². The van der Waals surface area contributed by atoms with Gasteiger partial charge >= 0.3 is 0 Å². The van der Waals surface area contributed by atoms with Crippen molar-refractivity contribution in [3.05, 3.63) is 47.3 Å². The standard InChI is InChI=1S/C19H22N4O2/c24-19(18-9-13-3-1-2-4-17(13)25-18)22-7-5-15(6-8-22)23-16-12-20-10-14(16)11-21-23/h1-4,11,15,18,20H,5-10,12H2. The summed E-state index contributed by atoms with van der Waals surface area (Å²) in [5, 5.41) is 7.96. The average molecular weight is 338 g/mol. The van der Waals surface area contributed by atoms with Gasteiger partial charge in [0.15, 0.2) is 6.10 Å². The van der Waals surface area contributed by atoms with E-state index in [0.29, 0.717) is 12.5 Å². The molecular weight excluding hydrogens is 316 g/mol. The highest BCUT2D eigenvalue weighted by atomic mass is 16.5. The van der Waals surface area contributed by atoms with E-state index in [1.807, 2.05) is 35.4 Å². The Morgan fingerprint density at radius 1 is 1.16 bits per heavy atom. The van der Waals surface area contributed by atoms with E-state index in [2.05, 4.69) is 15.1 Å². The second kappa shape index (κ2) is 5.88. The molecule has 0 radical (unpaired) electrons. The number of likely N-dealkylation sites (tertiary alicyclic amines) is 1. The zero-order chi connectivity index (χ0) is 16.8. The maximum absolute atomic E-state index is 12.8. The van der Waals surface area contributed by atoms with E-state index < -0.39 is 0 Å². The summed E-state index contributed by atoms with van der Waals surface area (Å²) in [6.45, 7) is 3.39. The number of rotatable bonds is 2. The number of nitrogens with zero attached hydrogens (tertiary/aromatic N) is 3. The van der Waals surface area contributed by atoms with Gasteiger partial charge in [0.2, 0.25) is 0 Å². The Kier molecular flexibility index (Phi) is 3.52. The third kappa shape index (κ3) is 2.52. The molecular formula is C19H22N4O2. The number of ether oxygens (including phenoxy) is 1. The normalized spacial score (nSPS) is 22.6. The molecule has 2 aromatic rings. The number of benzene rings is 1. The lowest BCUT2D eigenvalue weighted by Gasteiger charge is -2.33. The number of nitrogens with one attached hydrogen (secondary N) is 1. The molecule has 130 valence electrons. The van der Waals surface area contributed by atoms with Gasteiger partial charge in [-0.3, -0.25) is 9.48 Å². The fourth-order valence-electron chi connectivity index (χ4n) is 4.25. The van der Waals surface area contributed by atoms with Crippen molar-refractivity contribution < 1.29 is 9.53 Å². The number of aromatic nitrogens is 2. The van der Waals surface area contributed by atoms with Gasteiger partial charge in [0.25, 0.3) is 5.91 Å². The van der Waals surface area contributed by atoms with Gasteiger partial charge in [-0.2, -0.15) is 5.10 Å². The minimum absolute atomic E-state index is 0.127. The van der Waals surface area contributed by atoms with E-state index in [-0.39, 0.29) is 12.0 Å². The van der Waals surface area contributed by atoms with Crippen LogP contribution in [0.5, 0.6) is 5.75 Å². The Balaban J connectivity index is 1.23. The molecule has 0 aliphatic carbocycles. The number of para-hydroxylation sites is 1. The summed E-state index contributed by atoms with van der Waals surface area (Å²) >= 11 is 0. The quantitative estimate of drug-likeness (QED) is 0.905. The van der Waals surface area contributed by atoms with Crippen LogP contribution in [0.3, 0.4) is 0 Å². The first-order valence-corrected chi connectivity index (χ1v) is 9.09. The summed E-state index contributed by atoms with van der Waals surface area (Å²) in [6, 6.07) is 8.34. The van der Waals surface area contributed by atoms with Crippen LogP contribution < -0.4 is 10.1 Å². The van der Waals surface area contributed by atoms with Gasteiger partial charge in [0.05, 0.1) is 17.9 Å². The molecule has 25 heavy (non-hydrogen) atoms. The summed E-state index contributed by atoms with van der Waals surface area (Å²) in [4.78, 5) is 14.8. The molecule has 3 aliphatic heterocycles. The number of hydrogen-bond donors (Lipinski definition) is 1. The second-order valence-electron chi connectivity index (χ2n) is 7.14. The van der Waals surface area contributed by atoms with Gasteiger partial charge in [-0.25, -0.2) is 0 Å². The summed E-state index contributed by atoms with van der Waals surface area (Å²) < 4.78 is 8.04. The molecule has 6 heteroatoms.